The first kappa shape index (κ1) is 22.1. The van der Waals surface area contributed by atoms with E-state index < -0.39 is 33.5 Å². The summed E-state index contributed by atoms with van der Waals surface area (Å²) < 4.78 is 32.3. The Morgan fingerprint density at radius 1 is 1.15 bits per heavy atom. The van der Waals surface area contributed by atoms with Crippen molar-refractivity contribution in [1.29, 1.82) is 0 Å². The number of methoxy groups -OCH3 is 1. The topological polar surface area (TPSA) is 102 Å². The monoisotopic (exact) mass is 384 g/mol. The molecule has 0 bridgehead atoms. The molecule has 0 aliphatic heterocycles. The number of sulfonamides is 1. The van der Waals surface area contributed by atoms with Crippen LogP contribution in [0.15, 0.2) is 23.1 Å². The van der Waals surface area contributed by atoms with E-state index in [9.17, 15) is 18.0 Å². The molecule has 0 saturated heterocycles. The average molecular weight is 384 g/mol. The summed E-state index contributed by atoms with van der Waals surface area (Å²) in [6, 6.07) is 3.50. The van der Waals surface area contributed by atoms with Gasteiger partial charge in [0, 0.05) is 11.1 Å². The molecule has 1 atom stereocenters. The van der Waals surface area contributed by atoms with Gasteiger partial charge in [0.15, 0.2) is 0 Å². The molecule has 7 nitrogen and oxygen atoms in total. The second-order valence-electron chi connectivity index (χ2n) is 7.55. The highest BCUT2D eigenvalue weighted by Gasteiger charge is 2.27. The number of carbonyl (C=O) groups excluding carboxylic acids is 2. The van der Waals surface area contributed by atoms with Gasteiger partial charge in [0.05, 0.1) is 12.0 Å². The fourth-order valence-corrected chi connectivity index (χ4v) is 3.76. The Morgan fingerprint density at radius 2 is 1.73 bits per heavy atom. The lowest BCUT2D eigenvalue weighted by Gasteiger charge is -2.22. The standard InChI is InChI=1S/C18H28N2O5S/c1-11(2)15(17(22)25-7)19-16(21)14-10-13(9-8-12(14)3)26(23,24)20-18(4,5)6/h8-11,15,20H,1-7H3,(H,19,21). The summed E-state index contributed by atoms with van der Waals surface area (Å²) in [6.07, 6.45) is 0. The third-order valence-corrected chi connectivity index (χ3v) is 5.37. The van der Waals surface area contributed by atoms with E-state index in [2.05, 4.69) is 10.0 Å². The molecular weight excluding hydrogens is 356 g/mol. The number of hydrogen-bond donors (Lipinski definition) is 2. The molecule has 8 heteroatoms. The van der Waals surface area contributed by atoms with Crippen molar-refractivity contribution >= 4 is 21.9 Å². The first-order valence-electron chi connectivity index (χ1n) is 8.32. The highest BCUT2D eigenvalue weighted by atomic mass is 32.2. The van der Waals surface area contributed by atoms with Gasteiger partial charge in [-0.3, -0.25) is 4.79 Å². The first-order valence-corrected chi connectivity index (χ1v) is 9.80. The number of benzene rings is 1. The van der Waals surface area contributed by atoms with Crippen molar-refractivity contribution in [2.45, 2.75) is 58.0 Å². The molecule has 0 aromatic heterocycles. The molecule has 0 radical (unpaired) electrons. The van der Waals surface area contributed by atoms with Crippen LogP contribution in [0.2, 0.25) is 0 Å². The number of nitrogens with one attached hydrogen (secondary N) is 2. The molecule has 0 spiro atoms. The fourth-order valence-electron chi connectivity index (χ4n) is 2.32. The molecule has 1 aromatic rings. The zero-order valence-corrected chi connectivity index (χ0v) is 17.2. The maximum atomic E-state index is 12.6. The summed E-state index contributed by atoms with van der Waals surface area (Å²) in [5.74, 6) is -1.26. The SMILES string of the molecule is COC(=O)C(NC(=O)c1cc(S(=O)(=O)NC(C)(C)C)ccc1C)C(C)C. The number of ether oxygens (including phenoxy) is 1. The molecule has 1 rings (SSSR count). The van der Waals surface area contributed by atoms with Crippen molar-refractivity contribution in [2.24, 2.45) is 5.92 Å². The quantitative estimate of drug-likeness (QED) is 0.731. The normalized spacial score (nSPS) is 13.4. The second-order valence-corrected chi connectivity index (χ2v) is 9.23. The minimum atomic E-state index is -3.78. The fraction of sp³-hybridized carbons (Fsp3) is 0.556. The van der Waals surface area contributed by atoms with Crippen molar-refractivity contribution in [3.05, 3.63) is 29.3 Å². The highest BCUT2D eigenvalue weighted by Crippen LogP contribution is 2.18. The Bertz CT molecular complexity index is 779. The third-order valence-electron chi connectivity index (χ3n) is 3.61. The summed E-state index contributed by atoms with van der Waals surface area (Å²) in [5.41, 5.74) is 0.140. The van der Waals surface area contributed by atoms with E-state index in [-0.39, 0.29) is 16.4 Å². The number of rotatable bonds is 6. The average Bonchev–Trinajstić information content (AvgIpc) is 2.49. The van der Waals surface area contributed by atoms with Crippen LogP contribution in [0.4, 0.5) is 0 Å². The molecule has 146 valence electrons. The summed E-state index contributed by atoms with van der Waals surface area (Å²) in [4.78, 5) is 24.5. The van der Waals surface area contributed by atoms with E-state index in [4.69, 9.17) is 4.74 Å². The summed E-state index contributed by atoms with van der Waals surface area (Å²) in [7, 11) is -2.53. The molecule has 1 amide bonds. The van der Waals surface area contributed by atoms with Gasteiger partial charge in [0.25, 0.3) is 5.91 Å². The lowest BCUT2D eigenvalue weighted by molar-refractivity contribution is -0.144. The van der Waals surface area contributed by atoms with Crippen molar-refractivity contribution in [1.82, 2.24) is 10.0 Å². The molecule has 26 heavy (non-hydrogen) atoms. The number of esters is 1. The minimum absolute atomic E-state index is 0.0117. The largest absolute Gasteiger partial charge is 0.467 e. The number of aryl methyl sites for hydroxylation is 1. The van der Waals surface area contributed by atoms with Crippen LogP contribution in [0.5, 0.6) is 0 Å². The molecule has 0 fully saturated rings. The van der Waals surface area contributed by atoms with Crippen LogP contribution in [-0.4, -0.2) is 39.0 Å². The van der Waals surface area contributed by atoms with E-state index in [1.54, 1.807) is 47.6 Å². The molecule has 1 aromatic carbocycles. The third kappa shape index (κ3) is 5.81. The van der Waals surface area contributed by atoms with Gasteiger partial charge in [-0.1, -0.05) is 19.9 Å². The highest BCUT2D eigenvalue weighted by molar-refractivity contribution is 7.89. The molecule has 0 saturated carbocycles. The Balaban J connectivity index is 3.21. The Hall–Kier alpha value is -1.93. The van der Waals surface area contributed by atoms with Gasteiger partial charge >= 0.3 is 5.97 Å². The minimum Gasteiger partial charge on any atom is -0.467 e. The van der Waals surface area contributed by atoms with Gasteiger partial charge in [-0.2, -0.15) is 0 Å². The van der Waals surface area contributed by atoms with Crippen LogP contribution < -0.4 is 10.0 Å². The van der Waals surface area contributed by atoms with E-state index in [0.717, 1.165) is 0 Å². The second kappa shape index (κ2) is 8.18. The number of hydrogen-bond acceptors (Lipinski definition) is 5. The number of amides is 1. The smallest absolute Gasteiger partial charge is 0.328 e. The van der Waals surface area contributed by atoms with Gasteiger partial charge in [-0.05, 0) is 51.3 Å². The van der Waals surface area contributed by atoms with Crippen molar-refractivity contribution < 1.29 is 22.7 Å². The van der Waals surface area contributed by atoms with Crippen LogP contribution in [-0.2, 0) is 19.6 Å². The molecule has 0 heterocycles. The number of carbonyl (C=O) groups is 2. The Morgan fingerprint density at radius 3 is 2.19 bits per heavy atom. The van der Waals surface area contributed by atoms with Crippen LogP contribution in [0, 0.1) is 12.8 Å². The van der Waals surface area contributed by atoms with E-state index in [1.165, 1.54) is 19.2 Å². The lowest BCUT2D eigenvalue weighted by atomic mass is 10.0. The van der Waals surface area contributed by atoms with Gasteiger partial charge < -0.3 is 10.1 Å². The van der Waals surface area contributed by atoms with Crippen LogP contribution in [0.25, 0.3) is 0 Å². The molecule has 0 aliphatic rings. The molecule has 2 N–H and O–H groups in total. The van der Waals surface area contributed by atoms with Gasteiger partial charge in [-0.25, -0.2) is 17.9 Å². The predicted octanol–water partition coefficient (Wildman–Crippen LogP) is 2.00. The Kier molecular flexibility index (Phi) is 6.95. The Labute approximate surface area is 155 Å². The van der Waals surface area contributed by atoms with E-state index in [0.29, 0.717) is 5.56 Å². The van der Waals surface area contributed by atoms with Crippen molar-refractivity contribution in [2.75, 3.05) is 7.11 Å². The van der Waals surface area contributed by atoms with Crippen LogP contribution >= 0.6 is 0 Å². The first-order chi connectivity index (χ1) is 11.8. The molecule has 0 aliphatic carbocycles. The zero-order valence-electron chi connectivity index (χ0n) is 16.3. The van der Waals surface area contributed by atoms with Gasteiger partial charge in [0.2, 0.25) is 10.0 Å². The molecule has 1 unspecified atom stereocenters. The lowest BCUT2D eigenvalue weighted by Crippen LogP contribution is -2.45. The van der Waals surface area contributed by atoms with E-state index in [1.807, 2.05) is 0 Å². The zero-order chi connectivity index (χ0) is 20.3. The summed E-state index contributed by atoms with van der Waals surface area (Å²) in [5, 5.41) is 2.62. The van der Waals surface area contributed by atoms with Gasteiger partial charge in [0.1, 0.15) is 6.04 Å². The maximum Gasteiger partial charge on any atom is 0.328 e. The predicted molar refractivity (Wildman–Crippen MR) is 99.4 cm³/mol. The van der Waals surface area contributed by atoms with Crippen LogP contribution in [0.1, 0.15) is 50.5 Å². The van der Waals surface area contributed by atoms with Crippen molar-refractivity contribution in [3.8, 4) is 0 Å². The van der Waals surface area contributed by atoms with E-state index >= 15 is 0 Å². The summed E-state index contributed by atoms with van der Waals surface area (Å²) >= 11 is 0. The van der Waals surface area contributed by atoms with Crippen molar-refractivity contribution in [3.63, 3.8) is 0 Å². The van der Waals surface area contributed by atoms with Crippen LogP contribution in [0.3, 0.4) is 0 Å². The molecular formula is C18H28N2O5S. The maximum absolute atomic E-state index is 12.6. The summed E-state index contributed by atoms with van der Waals surface area (Å²) in [6.45, 7) is 10.5. The van der Waals surface area contributed by atoms with Gasteiger partial charge in [-0.15, -0.1) is 0 Å².